The van der Waals surface area contributed by atoms with E-state index in [0.717, 1.165) is 4.88 Å². The Morgan fingerprint density at radius 2 is 2.47 bits per heavy atom. The first-order valence-electron chi connectivity index (χ1n) is 4.80. The van der Waals surface area contributed by atoms with Gasteiger partial charge in [-0.1, -0.05) is 11.2 Å². The predicted octanol–water partition coefficient (Wildman–Crippen LogP) is 2.11. The van der Waals surface area contributed by atoms with Crippen molar-refractivity contribution in [3.63, 3.8) is 0 Å². The Bertz CT molecular complexity index is 409. The number of nitrogens with zero attached hydrogens (tertiary/aromatic N) is 2. The standard InChI is InChI=1S/C10H12N2O2S/c1-7(13)4-5-9-11-10(12-14-9)8-3-2-6-15-8/h2-3,6-7,13H,4-5H2,1H3. The van der Waals surface area contributed by atoms with Gasteiger partial charge in [0.25, 0.3) is 0 Å². The molecule has 2 aromatic rings. The summed E-state index contributed by atoms with van der Waals surface area (Å²) in [6.07, 6.45) is 0.935. The summed E-state index contributed by atoms with van der Waals surface area (Å²) >= 11 is 1.58. The zero-order chi connectivity index (χ0) is 10.7. The molecule has 0 radical (unpaired) electrons. The van der Waals surface area contributed by atoms with E-state index in [2.05, 4.69) is 10.1 Å². The van der Waals surface area contributed by atoms with Crippen LogP contribution in [0.4, 0.5) is 0 Å². The Hall–Kier alpha value is -1.20. The average Bonchev–Trinajstić information content (AvgIpc) is 2.85. The molecule has 0 saturated carbocycles. The van der Waals surface area contributed by atoms with Crippen molar-refractivity contribution < 1.29 is 9.63 Å². The second kappa shape index (κ2) is 4.55. The first-order valence-corrected chi connectivity index (χ1v) is 5.68. The lowest BCUT2D eigenvalue weighted by atomic mass is 10.2. The van der Waals surface area contributed by atoms with Crippen LogP contribution in [0.25, 0.3) is 10.7 Å². The molecule has 2 rings (SSSR count). The second-order valence-electron chi connectivity index (χ2n) is 3.38. The molecule has 0 aliphatic heterocycles. The molecule has 0 aliphatic rings. The number of aromatic nitrogens is 2. The van der Waals surface area contributed by atoms with Gasteiger partial charge in [0.1, 0.15) is 0 Å². The number of aliphatic hydroxyl groups is 1. The van der Waals surface area contributed by atoms with Gasteiger partial charge < -0.3 is 9.63 Å². The molecule has 2 heterocycles. The highest BCUT2D eigenvalue weighted by Crippen LogP contribution is 2.21. The molecule has 1 N–H and O–H groups in total. The van der Waals surface area contributed by atoms with E-state index in [1.165, 1.54) is 0 Å². The van der Waals surface area contributed by atoms with Crippen molar-refractivity contribution in [2.45, 2.75) is 25.9 Å². The van der Waals surface area contributed by atoms with Crippen LogP contribution in [0.15, 0.2) is 22.0 Å². The molecular formula is C10H12N2O2S. The summed E-state index contributed by atoms with van der Waals surface area (Å²) in [4.78, 5) is 5.25. The smallest absolute Gasteiger partial charge is 0.227 e. The van der Waals surface area contributed by atoms with Gasteiger partial charge in [0, 0.05) is 6.42 Å². The molecule has 80 valence electrons. The third-order valence-electron chi connectivity index (χ3n) is 1.99. The fraction of sp³-hybridized carbons (Fsp3) is 0.400. The van der Waals surface area contributed by atoms with Crippen LogP contribution in [0, 0.1) is 0 Å². The Kier molecular flexibility index (Phi) is 3.13. The summed E-state index contributed by atoms with van der Waals surface area (Å²) in [5, 5.41) is 15.0. The second-order valence-corrected chi connectivity index (χ2v) is 4.32. The molecule has 0 aliphatic carbocycles. The number of hydrogen-bond acceptors (Lipinski definition) is 5. The van der Waals surface area contributed by atoms with E-state index >= 15 is 0 Å². The van der Waals surface area contributed by atoms with Gasteiger partial charge in [0.15, 0.2) is 0 Å². The van der Waals surface area contributed by atoms with Gasteiger partial charge in [-0.15, -0.1) is 11.3 Å². The van der Waals surface area contributed by atoms with E-state index in [4.69, 9.17) is 9.63 Å². The SMILES string of the molecule is CC(O)CCc1nc(-c2cccs2)no1. The van der Waals surface area contributed by atoms with E-state index in [1.54, 1.807) is 18.3 Å². The van der Waals surface area contributed by atoms with Crippen molar-refractivity contribution in [3.05, 3.63) is 23.4 Å². The molecule has 15 heavy (non-hydrogen) atoms. The van der Waals surface area contributed by atoms with E-state index in [1.807, 2.05) is 17.5 Å². The van der Waals surface area contributed by atoms with Crippen molar-refractivity contribution in [2.24, 2.45) is 0 Å². The maximum absolute atomic E-state index is 9.12. The fourth-order valence-electron chi connectivity index (χ4n) is 1.19. The summed E-state index contributed by atoms with van der Waals surface area (Å²) in [5.74, 6) is 1.21. The zero-order valence-electron chi connectivity index (χ0n) is 8.38. The highest BCUT2D eigenvalue weighted by atomic mass is 32.1. The molecular weight excluding hydrogens is 212 g/mol. The highest BCUT2D eigenvalue weighted by molar-refractivity contribution is 7.13. The van der Waals surface area contributed by atoms with Crippen LogP contribution in [0.3, 0.4) is 0 Å². The van der Waals surface area contributed by atoms with Crippen LogP contribution in [-0.2, 0) is 6.42 Å². The number of aliphatic hydroxyl groups excluding tert-OH is 1. The zero-order valence-corrected chi connectivity index (χ0v) is 9.20. The summed E-state index contributed by atoms with van der Waals surface area (Å²) in [7, 11) is 0. The summed E-state index contributed by atoms with van der Waals surface area (Å²) < 4.78 is 5.07. The Morgan fingerprint density at radius 3 is 3.13 bits per heavy atom. The van der Waals surface area contributed by atoms with Gasteiger partial charge in [-0.2, -0.15) is 4.98 Å². The van der Waals surface area contributed by atoms with Crippen LogP contribution in [0.2, 0.25) is 0 Å². The van der Waals surface area contributed by atoms with Gasteiger partial charge >= 0.3 is 0 Å². The summed E-state index contributed by atoms with van der Waals surface area (Å²) in [5.41, 5.74) is 0. The highest BCUT2D eigenvalue weighted by Gasteiger charge is 2.09. The van der Waals surface area contributed by atoms with Crippen molar-refractivity contribution >= 4 is 11.3 Å². The number of thiophene rings is 1. The molecule has 1 atom stereocenters. The molecule has 0 bridgehead atoms. The number of hydrogen-bond donors (Lipinski definition) is 1. The third-order valence-corrected chi connectivity index (χ3v) is 2.85. The van der Waals surface area contributed by atoms with Gasteiger partial charge in [0.2, 0.25) is 11.7 Å². The topological polar surface area (TPSA) is 59.2 Å². The lowest BCUT2D eigenvalue weighted by Crippen LogP contribution is -2.01. The van der Waals surface area contributed by atoms with Crippen LogP contribution in [0.1, 0.15) is 19.2 Å². The predicted molar refractivity (Wildman–Crippen MR) is 57.6 cm³/mol. The van der Waals surface area contributed by atoms with Gasteiger partial charge in [-0.25, -0.2) is 0 Å². The van der Waals surface area contributed by atoms with E-state index in [0.29, 0.717) is 24.6 Å². The van der Waals surface area contributed by atoms with Crippen LogP contribution >= 0.6 is 11.3 Å². The number of aryl methyl sites for hydroxylation is 1. The molecule has 0 saturated heterocycles. The molecule has 0 fully saturated rings. The minimum absolute atomic E-state index is 0.331. The molecule has 5 heteroatoms. The lowest BCUT2D eigenvalue weighted by molar-refractivity contribution is 0.180. The van der Waals surface area contributed by atoms with Crippen LogP contribution in [0.5, 0.6) is 0 Å². The normalized spacial score (nSPS) is 12.9. The Balaban J connectivity index is 2.04. The maximum atomic E-state index is 9.12. The number of rotatable bonds is 4. The van der Waals surface area contributed by atoms with Gasteiger partial charge in [-0.3, -0.25) is 0 Å². The van der Waals surface area contributed by atoms with E-state index in [-0.39, 0.29) is 6.10 Å². The third kappa shape index (κ3) is 2.64. The lowest BCUT2D eigenvalue weighted by Gasteiger charge is -1.97. The van der Waals surface area contributed by atoms with Crippen molar-refractivity contribution in [1.82, 2.24) is 10.1 Å². The van der Waals surface area contributed by atoms with E-state index < -0.39 is 0 Å². The first-order chi connectivity index (χ1) is 7.25. The molecule has 0 amide bonds. The van der Waals surface area contributed by atoms with Crippen LogP contribution in [-0.4, -0.2) is 21.4 Å². The van der Waals surface area contributed by atoms with Crippen molar-refractivity contribution in [1.29, 1.82) is 0 Å². The largest absolute Gasteiger partial charge is 0.393 e. The van der Waals surface area contributed by atoms with Crippen molar-refractivity contribution in [3.8, 4) is 10.7 Å². The molecule has 0 aromatic carbocycles. The van der Waals surface area contributed by atoms with Gasteiger partial charge in [-0.05, 0) is 24.8 Å². The molecule has 1 unspecified atom stereocenters. The quantitative estimate of drug-likeness (QED) is 0.864. The minimum atomic E-state index is -0.331. The Labute approximate surface area is 91.6 Å². The maximum Gasteiger partial charge on any atom is 0.227 e. The average molecular weight is 224 g/mol. The molecule has 4 nitrogen and oxygen atoms in total. The van der Waals surface area contributed by atoms with Gasteiger partial charge in [0.05, 0.1) is 11.0 Å². The molecule has 0 spiro atoms. The molecule has 2 aromatic heterocycles. The minimum Gasteiger partial charge on any atom is -0.393 e. The summed E-state index contributed by atoms with van der Waals surface area (Å²) in [6.45, 7) is 1.75. The fourth-order valence-corrected chi connectivity index (χ4v) is 1.84. The van der Waals surface area contributed by atoms with Crippen LogP contribution < -0.4 is 0 Å². The first kappa shape index (κ1) is 10.3. The van der Waals surface area contributed by atoms with E-state index in [9.17, 15) is 0 Å². The monoisotopic (exact) mass is 224 g/mol. The summed E-state index contributed by atoms with van der Waals surface area (Å²) in [6, 6.07) is 3.90. The Morgan fingerprint density at radius 1 is 1.60 bits per heavy atom. The van der Waals surface area contributed by atoms with Crippen molar-refractivity contribution in [2.75, 3.05) is 0 Å².